The van der Waals surface area contributed by atoms with Gasteiger partial charge >= 0.3 is 5.97 Å². The SMILES string of the molecule is COc1cc(C(=CC=Cc2cccc(OC)c2F)C(=O)O)ccc1F. The van der Waals surface area contributed by atoms with E-state index in [0.717, 1.165) is 6.07 Å². The number of carboxylic acids is 1. The molecule has 2 rings (SSSR count). The fraction of sp³-hybridized carbons (Fsp3) is 0.105. The first-order valence-electron chi connectivity index (χ1n) is 7.26. The predicted molar refractivity (Wildman–Crippen MR) is 90.6 cm³/mol. The highest BCUT2D eigenvalue weighted by molar-refractivity contribution is 6.15. The molecule has 2 aromatic carbocycles. The van der Waals surface area contributed by atoms with Crippen LogP contribution in [0.3, 0.4) is 0 Å². The van der Waals surface area contributed by atoms with Crippen LogP contribution in [-0.4, -0.2) is 25.3 Å². The van der Waals surface area contributed by atoms with Gasteiger partial charge in [-0.25, -0.2) is 13.6 Å². The van der Waals surface area contributed by atoms with Crippen LogP contribution < -0.4 is 9.47 Å². The van der Waals surface area contributed by atoms with E-state index in [2.05, 4.69) is 0 Å². The number of carboxylic acid groups (broad SMARTS) is 1. The molecule has 0 fully saturated rings. The van der Waals surface area contributed by atoms with Gasteiger partial charge in [-0.2, -0.15) is 0 Å². The van der Waals surface area contributed by atoms with Crippen molar-refractivity contribution in [3.05, 3.63) is 71.3 Å². The fourth-order valence-corrected chi connectivity index (χ4v) is 2.18. The van der Waals surface area contributed by atoms with Crippen LogP contribution in [0.15, 0.2) is 48.6 Å². The van der Waals surface area contributed by atoms with Gasteiger partial charge in [-0.1, -0.05) is 30.4 Å². The summed E-state index contributed by atoms with van der Waals surface area (Å²) in [4.78, 5) is 11.5. The molecule has 0 radical (unpaired) electrons. The zero-order valence-electron chi connectivity index (χ0n) is 13.6. The van der Waals surface area contributed by atoms with Crippen molar-refractivity contribution in [1.29, 1.82) is 0 Å². The van der Waals surface area contributed by atoms with Gasteiger partial charge in [-0.3, -0.25) is 0 Å². The molecule has 1 N–H and O–H groups in total. The number of allylic oxidation sites excluding steroid dienone is 2. The normalized spacial score (nSPS) is 11.6. The molecule has 2 aromatic rings. The Morgan fingerprint density at radius 2 is 1.80 bits per heavy atom. The van der Waals surface area contributed by atoms with Gasteiger partial charge < -0.3 is 14.6 Å². The van der Waals surface area contributed by atoms with Crippen LogP contribution in [0.2, 0.25) is 0 Å². The van der Waals surface area contributed by atoms with Crippen molar-refractivity contribution >= 4 is 17.6 Å². The first-order valence-corrected chi connectivity index (χ1v) is 7.26. The van der Waals surface area contributed by atoms with Gasteiger partial charge in [0.05, 0.1) is 19.8 Å². The lowest BCUT2D eigenvalue weighted by Gasteiger charge is -2.06. The molecule has 25 heavy (non-hydrogen) atoms. The molecular formula is C19H16F2O4. The molecule has 0 aliphatic heterocycles. The van der Waals surface area contributed by atoms with Crippen LogP contribution in [0.25, 0.3) is 11.6 Å². The number of aliphatic carboxylic acids is 1. The van der Waals surface area contributed by atoms with Crippen LogP contribution in [-0.2, 0) is 4.79 Å². The third-order valence-corrected chi connectivity index (χ3v) is 3.44. The summed E-state index contributed by atoms with van der Waals surface area (Å²) in [5, 5.41) is 9.36. The van der Waals surface area contributed by atoms with Crippen molar-refractivity contribution in [1.82, 2.24) is 0 Å². The molecule has 4 nitrogen and oxygen atoms in total. The molecule has 0 amide bonds. The molecule has 6 heteroatoms. The number of hydrogen-bond acceptors (Lipinski definition) is 3. The zero-order valence-corrected chi connectivity index (χ0v) is 13.6. The number of ether oxygens (including phenoxy) is 2. The maximum absolute atomic E-state index is 14.1. The van der Waals surface area contributed by atoms with E-state index in [0.29, 0.717) is 0 Å². The number of halogens is 2. The Morgan fingerprint density at radius 3 is 2.44 bits per heavy atom. The second kappa shape index (κ2) is 8.10. The van der Waals surface area contributed by atoms with Gasteiger partial charge in [0.15, 0.2) is 23.1 Å². The van der Waals surface area contributed by atoms with Gasteiger partial charge in [0.25, 0.3) is 0 Å². The average Bonchev–Trinajstić information content (AvgIpc) is 2.60. The van der Waals surface area contributed by atoms with Gasteiger partial charge in [0.2, 0.25) is 0 Å². The summed E-state index contributed by atoms with van der Waals surface area (Å²) in [5.41, 5.74) is 0.427. The number of rotatable bonds is 6. The van der Waals surface area contributed by atoms with Crippen molar-refractivity contribution in [2.24, 2.45) is 0 Å². The van der Waals surface area contributed by atoms with E-state index in [-0.39, 0.29) is 28.2 Å². The summed E-state index contributed by atoms with van der Waals surface area (Å²) in [7, 11) is 2.65. The summed E-state index contributed by atoms with van der Waals surface area (Å²) in [6.07, 6.45) is 4.12. The second-order valence-corrected chi connectivity index (χ2v) is 4.96. The van der Waals surface area contributed by atoms with E-state index in [9.17, 15) is 18.7 Å². The first-order chi connectivity index (χ1) is 12.0. The molecule has 0 aliphatic carbocycles. The highest BCUT2D eigenvalue weighted by Gasteiger charge is 2.12. The minimum atomic E-state index is -1.20. The van der Waals surface area contributed by atoms with E-state index in [4.69, 9.17) is 9.47 Å². The molecule has 0 saturated carbocycles. The lowest BCUT2D eigenvalue weighted by Crippen LogP contribution is -2.00. The molecule has 0 unspecified atom stereocenters. The van der Waals surface area contributed by atoms with Crippen LogP contribution in [0, 0.1) is 11.6 Å². The maximum atomic E-state index is 14.1. The van der Waals surface area contributed by atoms with Crippen molar-refractivity contribution < 1.29 is 28.2 Å². The van der Waals surface area contributed by atoms with Gasteiger partial charge in [0.1, 0.15) is 0 Å². The molecule has 0 saturated heterocycles. The van der Waals surface area contributed by atoms with E-state index < -0.39 is 17.6 Å². The quantitative estimate of drug-likeness (QED) is 0.630. The highest BCUT2D eigenvalue weighted by atomic mass is 19.1. The van der Waals surface area contributed by atoms with Crippen LogP contribution in [0.4, 0.5) is 8.78 Å². The Balaban J connectivity index is 2.37. The molecular weight excluding hydrogens is 330 g/mol. The van der Waals surface area contributed by atoms with Crippen molar-refractivity contribution in [3.8, 4) is 11.5 Å². The smallest absolute Gasteiger partial charge is 0.336 e. The molecule has 0 atom stereocenters. The summed E-state index contributed by atoms with van der Waals surface area (Å²) in [5.74, 6) is -2.32. The molecule has 0 bridgehead atoms. The second-order valence-electron chi connectivity index (χ2n) is 4.96. The van der Waals surface area contributed by atoms with E-state index >= 15 is 0 Å². The van der Waals surface area contributed by atoms with Crippen LogP contribution in [0.5, 0.6) is 11.5 Å². The highest BCUT2D eigenvalue weighted by Crippen LogP contribution is 2.24. The maximum Gasteiger partial charge on any atom is 0.336 e. The Hall–Kier alpha value is -3.15. The molecule has 0 heterocycles. The summed E-state index contributed by atoms with van der Waals surface area (Å²) in [6, 6.07) is 8.37. The minimum Gasteiger partial charge on any atom is -0.494 e. The van der Waals surface area contributed by atoms with E-state index in [1.165, 1.54) is 56.7 Å². The largest absolute Gasteiger partial charge is 0.494 e. The lowest BCUT2D eigenvalue weighted by atomic mass is 10.0. The summed E-state index contributed by atoms with van der Waals surface area (Å²) < 4.78 is 37.3. The summed E-state index contributed by atoms with van der Waals surface area (Å²) in [6.45, 7) is 0. The molecule has 0 aliphatic rings. The van der Waals surface area contributed by atoms with Crippen molar-refractivity contribution in [2.45, 2.75) is 0 Å². The van der Waals surface area contributed by atoms with Gasteiger partial charge in [0, 0.05) is 5.56 Å². The predicted octanol–water partition coefficient (Wildman–Crippen LogP) is 4.16. The van der Waals surface area contributed by atoms with Crippen molar-refractivity contribution in [2.75, 3.05) is 14.2 Å². The Morgan fingerprint density at radius 1 is 1.08 bits per heavy atom. The monoisotopic (exact) mass is 346 g/mol. The Bertz CT molecular complexity index is 841. The average molecular weight is 346 g/mol. The topological polar surface area (TPSA) is 55.8 Å². The molecule has 130 valence electrons. The van der Waals surface area contributed by atoms with Crippen LogP contribution >= 0.6 is 0 Å². The van der Waals surface area contributed by atoms with Gasteiger partial charge in [-0.15, -0.1) is 0 Å². The first kappa shape index (κ1) is 18.2. The van der Waals surface area contributed by atoms with E-state index in [1.54, 1.807) is 6.07 Å². The third-order valence-electron chi connectivity index (χ3n) is 3.44. The molecule has 0 spiro atoms. The van der Waals surface area contributed by atoms with Gasteiger partial charge in [-0.05, 0) is 29.8 Å². The fourth-order valence-electron chi connectivity index (χ4n) is 2.18. The van der Waals surface area contributed by atoms with Crippen LogP contribution in [0.1, 0.15) is 11.1 Å². The number of carbonyl (C=O) groups is 1. The summed E-state index contributed by atoms with van der Waals surface area (Å²) >= 11 is 0. The van der Waals surface area contributed by atoms with Crippen molar-refractivity contribution in [3.63, 3.8) is 0 Å². The standard InChI is InChI=1S/C19H16F2O4/c1-24-16-8-4-6-12(18(16)21)5-3-7-14(19(22)23)13-9-10-15(20)17(11-13)25-2/h3-11H,1-2H3,(H,22,23). The number of hydrogen-bond donors (Lipinski definition) is 1. The number of methoxy groups -OCH3 is 2. The number of benzene rings is 2. The third kappa shape index (κ3) is 4.23. The Labute approximate surface area is 143 Å². The zero-order chi connectivity index (χ0) is 18.4. The minimum absolute atomic E-state index is 0.0625. The van der Waals surface area contributed by atoms with E-state index in [1.807, 2.05) is 0 Å². The lowest BCUT2D eigenvalue weighted by molar-refractivity contribution is -0.130. The Kier molecular flexibility index (Phi) is 5.89. The molecule has 0 aromatic heterocycles.